The summed E-state index contributed by atoms with van der Waals surface area (Å²) in [4.78, 5) is 28.1. The number of rotatable bonds is 4. The number of hydrogen-bond donors (Lipinski definition) is 0. The number of benzene rings is 1. The van der Waals surface area contributed by atoms with Crippen molar-refractivity contribution >= 4 is 34.7 Å². The Hall–Kier alpha value is -1.82. The average molecular weight is 348 g/mol. The first-order valence-electron chi connectivity index (χ1n) is 8.33. The second kappa shape index (κ2) is 6.97. The molecule has 0 radical (unpaired) electrons. The Morgan fingerprint density at radius 2 is 2.00 bits per heavy atom. The van der Waals surface area contributed by atoms with Crippen molar-refractivity contribution in [2.45, 2.75) is 39.2 Å². The summed E-state index contributed by atoms with van der Waals surface area (Å²) in [5.74, 6) is -0.574. The summed E-state index contributed by atoms with van der Waals surface area (Å²) in [6.07, 6.45) is 4.49. The number of imide groups is 1. The van der Waals surface area contributed by atoms with Crippen LogP contribution in [-0.2, 0) is 4.79 Å². The summed E-state index contributed by atoms with van der Waals surface area (Å²) >= 11 is 0.921. The molecule has 0 spiro atoms. The van der Waals surface area contributed by atoms with Gasteiger partial charge in [-0.3, -0.25) is 14.5 Å². The van der Waals surface area contributed by atoms with Crippen LogP contribution in [0.1, 0.15) is 38.7 Å². The van der Waals surface area contributed by atoms with Crippen LogP contribution in [0.25, 0.3) is 6.08 Å². The highest BCUT2D eigenvalue weighted by atomic mass is 32.2. The van der Waals surface area contributed by atoms with Gasteiger partial charge in [0.15, 0.2) is 0 Å². The van der Waals surface area contributed by atoms with E-state index in [4.69, 9.17) is 0 Å². The number of carbonyl (C=O) groups is 2. The van der Waals surface area contributed by atoms with E-state index in [1.54, 1.807) is 18.2 Å². The Morgan fingerprint density at radius 1 is 1.29 bits per heavy atom. The van der Waals surface area contributed by atoms with E-state index in [-0.39, 0.29) is 23.0 Å². The summed E-state index contributed by atoms with van der Waals surface area (Å²) < 4.78 is 14.4. The number of halogens is 1. The lowest BCUT2D eigenvalue weighted by Crippen LogP contribution is -2.36. The largest absolute Gasteiger partial charge is 0.369 e. The Balaban J connectivity index is 1.82. The van der Waals surface area contributed by atoms with E-state index in [2.05, 4.69) is 0 Å². The number of nitrogens with zero attached hydrogens (tertiary/aromatic N) is 2. The molecule has 2 aliphatic rings. The van der Waals surface area contributed by atoms with Crippen LogP contribution in [0.2, 0.25) is 0 Å². The molecule has 2 amide bonds. The fourth-order valence-electron chi connectivity index (χ4n) is 3.02. The highest BCUT2D eigenvalue weighted by molar-refractivity contribution is 8.18. The number of amides is 2. The molecule has 0 aliphatic carbocycles. The van der Waals surface area contributed by atoms with Crippen LogP contribution < -0.4 is 4.90 Å². The third-order valence-corrected chi connectivity index (χ3v) is 5.46. The molecular weight excluding hydrogens is 327 g/mol. The molecule has 0 aromatic heterocycles. The minimum atomic E-state index is -0.289. The second-order valence-corrected chi connectivity index (χ2v) is 7.21. The van der Waals surface area contributed by atoms with Gasteiger partial charge in [0.05, 0.1) is 10.6 Å². The lowest BCUT2D eigenvalue weighted by atomic mass is 10.1. The zero-order chi connectivity index (χ0) is 17.3. The smallest absolute Gasteiger partial charge is 0.293 e. The molecular formula is C18H21FN2O2S. The fraction of sp³-hybridized carbons (Fsp3) is 0.444. The molecule has 0 saturated carbocycles. The van der Waals surface area contributed by atoms with Gasteiger partial charge in [-0.15, -0.1) is 0 Å². The molecule has 1 aromatic rings. The minimum Gasteiger partial charge on any atom is -0.369 e. The number of anilines is 1. The van der Waals surface area contributed by atoms with Crippen LogP contribution in [-0.4, -0.2) is 35.2 Å². The molecule has 4 nitrogen and oxygen atoms in total. The zero-order valence-corrected chi connectivity index (χ0v) is 14.7. The van der Waals surface area contributed by atoms with Gasteiger partial charge in [0.25, 0.3) is 11.1 Å². The van der Waals surface area contributed by atoms with Crippen molar-refractivity contribution in [3.8, 4) is 0 Å². The predicted molar refractivity (Wildman–Crippen MR) is 95.4 cm³/mol. The SMILES string of the molecule is CC[C@H](C)N1C(=O)S/C(=C/c2ccc(N3CCCC3)c(F)c2)C1=O. The fourth-order valence-corrected chi connectivity index (χ4v) is 3.95. The van der Waals surface area contributed by atoms with Gasteiger partial charge in [0.2, 0.25) is 0 Å². The molecule has 2 fully saturated rings. The molecule has 0 N–H and O–H groups in total. The summed E-state index contributed by atoms with van der Waals surface area (Å²) in [5, 5.41) is -0.255. The van der Waals surface area contributed by atoms with Crippen molar-refractivity contribution in [3.05, 3.63) is 34.5 Å². The van der Waals surface area contributed by atoms with E-state index in [0.29, 0.717) is 22.6 Å². The van der Waals surface area contributed by atoms with Crippen LogP contribution in [0.15, 0.2) is 23.1 Å². The van der Waals surface area contributed by atoms with E-state index in [9.17, 15) is 14.0 Å². The van der Waals surface area contributed by atoms with E-state index >= 15 is 0 Å². The lowest BCUT2D eigenvalue weighted by molar-refractivity contribution is -0.124. The summed E-state index contributed by atoms with van der Waals surface area (Å²) in [6.45, 7) is 5.54. The number of hydrogen-bond acceptors (Lipinski definition) is 4. The lowest BCUT2D eigenvalue weighted by Gasteiger charge is -2.19. The molecule has 0 unspecified atom stereocenters. The van der Waals surface area contributed by atoms with E-state index in [1.165, 1.54) is 11.0 Å². The van der Waals surface area contributed by atoms with Gasteiger partial charge < -0.3 is 4.90 Å². The molecule has 24 heavy (non-hydrogen) atoms. The van der Waals surface area contributed by atoms with Crippen molar-refractivity contribution in [1.82, 2.24) is 4.90 Å². The van der Waals surface area contributed by atoms with Crippen LogP contribution in [0.3, 0.4) is 0 Å². The maximum absolute atomic E-state index is 14.4. The molecule has 2 aliphatic heterocycles. The Labute approximate surface area is 145 Å². The third-order valence-electron chi connectivity index (χ3n) is 4.57. The molecule has 2 saturated heterocycles. The molecule has 128 valence electrons. The summed E-state index contributed by atoms with van der Waals surface area (Å²) in [6, 6.07) is 4.86. The summed E-state index contributed by atoms with van der Waals surface area (Å²) in [7, 11) is 0. The van der Waals surface area contributed by atoms with Crippen molar-refractivity contribution < 1.29 is 14.0 Å². The Morgan fingerprint density at radius 3 is 2.62 bits per heavy atom. The van der Waals surface area contributed by atoms with Gasteiger partial charge in [0.1, 0.15) is 5.82 Å². The zero-order valence-electron chi connectivity index (χ0n) is 13.9. The number of thioether (sulfide) groups is 1. The van der Waals surface area contributed by atoms with Crippen LogP contribution in [0, 0.1) is 5.82 Å². The first-order valence-corrected chi connectivity index (χ1v) is 9.14. The van der Waals surface area contributed by atoms with Gasteiger partial charge in [-0.05, 0) is 61.7 Å². The van der Waals surface area contributed by atoms with E-state index in [1.807, 2.05) is 18.7 Å². The van der Waals surface area contributed by atoms with Gasteiger partial charge in [-0.1, -0.05) is 13.0 Å². The van der Waals surface area contributed by atoms with Crippen molar-refractivity contribution in [3.63, 3.8) is 0 Å². The van der Waals surface area contributed by atoms with Gasteiger partial charge >= 0.3 is 0 Å². The molecule has 1 atom stereocenters. The highest BCUT2D eigenvalue weighted by Gasteiger charge is 2.37. The monoisotopic (exact) mass is 348 g/mol. The van der Waals surface area contributed by atoms with Gasteiger partial charge in [0, 0.05) is 19.1 Å². The van der Waals surface area contributed by atoms with Crippen molar-refractivity contribution in [2.24, 2.45) is 0 Å². The summed E-state index contributed by atoms with van der Waals surface area (Å²) in [5.41, 5.74) is 1.21. The predicted octanol–water partition coefficient (Wildman–Crippen LogP) is 4.26. The first-order chi connectivity index (χ1) is 11.5. The topological polar surface area (TPSA) is 40.6 Å². The molecule has 0 bridgehead atoms. The molecule has 6 heteroatoms. The normalized spacial score (nSPS) is 21.2. The highest BCUT2D eigenvalue weighted by Crippen LogP contribution is 2.34. The van der Waals surface area contributed by atoms with Crippen LogP contribution in [0.5, 0.6) is 0 Å². The van der Waals surface area contributed by atoms with E-state index < -0.39 is 0 Å². The number of carbonyl (C=O) groups excluding carboxylic acids is 2. The standard InChI is InChI=1S/C18H21FN2O2S/c1-3-12(2)21-17(22)16(24-18(21)23)11-13-6-7-15(14(19)10-13)20-8-4-5-9-20/h6-7,10-12H,3-5,8-9H2,1-2H3/b16-11+/t12-/m0/s1. The minimum absolute atomic E-state index is 0.127. The molecule has 3 rings (SSSR count). The molecule has 1 aromatic carbocycles. The molecule has 2 heterocycles. The Bertz CT molecular complexity index is 698. The van der Waals surface area contributed by atoms with E-state index in [0.717, 1.165) is 37.7 Å². The van der Waals surface area contributed by atoms with Crippen molar-refractivity contribution in [1.29, 1.82) is 0 Å². The maximum Gasteiger partial charge on any atom is 0.293 e. The first kappa shape index (κ1) is 17.0. The van der Waals surface area contributed by atoms with Crippen LogP contribution in [0.4, 0.5) is 14.9 Å². The van der Waals surface area contributed by atoms with Crippen molar-refractivity contribution in [2.75, 3.05) is 18.0 Å². The Kier molecular flexibility index (Phi) is 4.94. The average Bonchev–Trinajstić information content (AvgIpc) is 3.16. The van der Waals surface area contributed by atoms with Crippen LogP contribution >= 0.6 is 11.8 Å². The third kappa shape index (κ3) is 3.20. The quantitative estimate of drug-likeness (QED) is 0.762. The van der Waals surface area contributed by atoms with Gasteiger partial charge in [-0.25, -0.2) is 4.39 Å². The maximum atomic E-state index is 14.4. The van der Waals surface area contributed by atoms with Gasteiger partial charge in [-0.2, -0.15) is 0 Å². The second-order valence-electron chi connectivity index (χ2n) is 6.21.